The number of aliphatic hydroxyl groups is 1. The van der Waals surface area contributed by atoms with E-state index in [2.05, 4.69) is 11.2 Å². The normalized spacial score (nSPS) is 10.5. The van der Waals surface area contributed by atoms with Gasteiger partial charge in [0.15, 0.2) is 0 Å². The van der Waals surface area contributed by atoms with Crippen LogP contribution in [0.3, 0.4) is 0 Å². The van der Waals surface area contributed by atoms with Crippen molar-refractivity contribution < 1.29 is 14.2 Å². The molecule has 0 aliphatic heterocycles. The Hall–Kier alpha value is -3.17. The molecule has 26 heavy (non-hydrogen) atoms. The fourth-order valence-electron chi connectivity index (χ4n) is 2.71. The molecule has 3 aromatic rings. The summed E-state index contributed by atoms with van der Waals surface area (Å²) >= 11 is 0. The lowest BCUT2D eigenvalue weighted by Gasteiger charge is -2.11. The predicted octanol–water partition coefficient (Wildman–Crippen LogP) is 3.31. The van der Waals surface area contributed by atoms with Gasteiger partial charge in [-0.1, -0.05) is 24.3 Å². The highest BCUT2D eigenvalue weighted by Gasteiger charge is 2.18. The van der Waals surface area contributed by atoms with Crippen LogP contribution < -0.4 is 4.74 Å². The van der Waals surface area contributed by atoms with E-state index in [1.807, 2.05) is 12.1 Å². The van der Waals surface area contributed by atoms with Crippen LogP contribution in [0.2, 0.25) is 0 Å². The first-order valence-corrected chi connectivity index (χ1v) is 8.20. The number of benzene rings is 2. The molecular formula is C20H18FN3O2. The van der Waals surface area contributed by atoms with E-state index in [4.69, 9.17) is 9.84 Å². The van der Waals surface area contributed by atoms with E-state index in [-0.39, 0.29) is 18.9 Å². The average Bonchev–Trinajstić information content (AvgIpc) is 2.97. The summed E-state index contributed by atoms with van der Waals surface area (Å²) in [6, 6.07) is 15.7. The molecule has 0 saturated carbocycles. The minimum absolute atomic E-state index is 0.0808. The Kier molecular flexibility index (Phi) is 5.30. The number of aliphatic hydroxyl groups excluding tert-OH is 1. The van der Waals surface area contributed by atoms with Crippen molar-refractivity contribution in [3.63, 3.8) is 0 Å². The van der Waals surface area contributed by atoms with E-state index in [9.17, 15) is 9.65 Å². The second-order valence-electron chi connectivity index (χ2n) is 5.79. The molecule has 0 bridgehead atoms. The fraction of sp³-hybridized carbons (Fsp3) is 0.200. The van der Waals surface area contributed by atoms with E-state index in [1.165, 1.54) is 10.7 Å². The minimum Gasteiger partial charge on any atom is -0.487 e. The van der Waals surface area contributed by atoms with Crippen LogP contribution in [-0.4, -0.2) is 21.5 Å². The molecule has 0 fully saturated rings. The number of nitrogens with zero attached hydrogens (tertiary/aromatic N) is 3. The molecule has 0 aliphatic carbocycles. The van der Waals surface area contributed by atoms with Crippen molar-refractivity contribution in [2.75, 3.05) is 6.61 Å². The van der Waals surface area contributed by atoms with Gasteiger partial charge in [0.2, 0.25) is 0 Å². The Morgan fingerprint density at radius 3 is 2.58 bits per heavy atom. The van der Waals surface area contributed by atoms with Crippen molar-refractivity contribution in [3.8, 4) is 17.5 Å². The topological polar surface area (TPSA) is 71.1 Å². The zero-order chi connectivity index (χ0) is 18.5. The van der Waals surface area contributed by atoms with Gasteiger partial charge in [0.1, 0.15) is 35.5 Å². The highest BCUT2D eigenvalue weighted by Crippen LogP contribution is 2.22. The quantitative estimate of drug-likeness (QED) is 0.740. The molecule has 6 heteroatoms. The van der Waals surface area contributed by atoms with E-state index in [0.29, 0.717) is 29.1 Å². The van der Waals surface area contributed by atoms with Gasteiger partial charge in [-0.3, -0.25) is 0 Å². The van der Waals surface area contributed by atoms with Gasteiger partial charge in [-0.2, -0.15) is 10.4 Å². The molecule has 1 N–H and O–H groups in total. The lowest BCUT2D eigenvalue weighted by Crippen LogP contribution is -2.08. The fourth-order valence-corrected chi connectivity index (χ4v) is 2.71. The summed E-state index contributed by atoms with van der Waals surface area (Å²) in [6.45, 7) is 1.88. The van der Waals surface area contributed by atoms with Crippen LogP contribution in [-0.2, 0) is 13.0 Å². The highest BCUT2D eigenvalue weighted by molar-refractivity contribution is 5.44. The van der Waals surface area contributed by atoms with E-state index >= 15 is 0 Å². The zero-order valence-electron chi connectivity index (χ0n) is 14.3. The number of nitriles is 1. The monoisotopic (exact) mass is 351 g/mol. The van der Waals surface area contributed by atoms with Crippen molar-refractivity contribution in [1.29, 1.82) is 5.26 Å². The van der Waals surface area contributed by atoms with Gasteiger partial charge in [0, 0.05) is 6.61 Å². The predicted molar refractivity (Wildman–Crippen MR) is 94.5 cm³/mol. The van der Waals surface area contributed by atoms with Crippen LogP contribution in [0.25, 0.3) is 5.69 Å². The summed E-state index contributed by atoms with van der Waals surface area (Å²) in [5, 5.41) is 22.7. The van der Waals surface area contributed by atoms with Crippen LogP contribution in [0.15, 0.2) is 48.5 Å². The first kappa shape index (κ1) is 17.6. The van der Waals surface area contributed by atoms with E-state index < -0.39 is 5.82 Å². The number of hydrogen-bond donors (Lipinski definition) is 1. The number of para-hydroxylation sites is 1. The summed E-state index contributed by atoms with van der Waals surface area (Å²) in [5.41, 5.74) is 2.67. The van der Waals surface area contributed by atoms with Gasteiger partial charge in [-0.15, -0.1) is 0 Å². The summed E-state index contributed by atoms with van der Waals surface area (Å²) in [5.74, 6) is 0.198. The second-order valence-corrected chi connectivity index (χ2v) is 5.79. The zero-order valence-corrected chi connectivity index (χ0v) is 14.3. The van der Waals surface area contributed by atoms with Crippen molar-refractivity contribution in [3.05, 3.63) is 76.9 Å². The van der Waals surface area contributed by atoms with Gasteiger partial charge >= 0.3 is 0 Å². The molecule has 0 amide bonds. The van der Waals surface area contributed by atoms with Crippen LogP contribution in [0.4, 0.5) is 4.39 Å². The second kappa shape index (κ2) is 7.81. The highest BCUT2D eigenvalue weighted by atomic mass is 19.1. The Morgan fingerprint density at radius 2 is 1.92 bits per heavy atom. The smallest absolute Gasteiger partial charge is 0.148 e. The third-order valence-electron chi connectivity index (χ3n) is 4.05. The summed E-state index contributed by atoms with van der Waals surface area (Å²) in [6.07, 6.45) is 0.581. The van der Waals surface area contributed by atoms with Gasteiger partial charge in [0.25, 0.3) is 0 Å². The standard InChI is InChI=1S/C20H18FN3O2/c1-14-17(12-22)20(24(23-14)19-5-3-2-4-18(19)21)13-26-16-8-6-15(7-9-16)10-11-25/h2-9,25H,10-11,13H2,1H3. The Labute approximate surface area is 150 Å². The molecule has 0 atom stereocenters. The number of aryl methyl sites for hydroxylation is 1. The number of halogens is 1. The SMILES string of the molecule is Cc1nn(-c2ccccc2F)c(COc2ccc(CCO)cc2)c1C#N. The molecule has 1 heterocycles. The van der Waals surface area contributed by atoms with Crippen LogP contribution in [0, 0.1) is 24.1 Å². The van der Waals surface area contributed by atoms with Crippen molar-refractivity contribution in [1.82, 2.24) is 9.78 Å². The number of rotatable bonds is 6. The molecule has 0 radical (unpaired) electrons. The first-order valence-electron chi connectivity index (χ1n) is 8.20. The molecule has 2 aromatic carbocycles. The molecule has 0 spiro atoms. The van der Waals surface area contributed by atoms with Crippen molar-refractivity contribution in [2.24, 2.45) is 0 Å². The summed E-state index contributed by atoms with van der Waals surface area (Å²) in [4.78, 5) is 0. The van der Waals surface area contributed by atoms with E-state index in [0.717, 1.165) is 5.56 Å². The van der Waals surface area contributed by atoms with Crippen LogP contribution in [0.1, 0.15) is 22.5 Å². The number of aromatic nitrogens is 2. The van der Waals surface area contributed by atoms with Gasteiger partial charge in [-0.05, 0) is 43.2 Å². The van der Waals surface area contributed by atoms with E-state index in [1.54, 1.807) is 37.3 Å². The number of ether oxygens (including phenoxy) is 1. The maximum absolute atomic E-state index is 14.2. The summed E-state index contributed by atoms with van der Waals surface area (Å²) < 4.78 is 21.4. The molecule has 1 aromatic heterocycles. The third kappa shape index (κ3) is 3.58. The average molecular weight is 351 g/mol. The molecule has 132 valence electrons. The summed E-state index contributed by atoms with van der Waals surface area (Å²) in [7, 11) is 0. The maximum Gasteiger partial charge on any atom is 0.148 e. The Morgan fingerprint density at radius 1 is 1.19 bits per heavy atom. The van der Waals surface area contributed by atoms with Gasteiger partial charge < -0.3 is 9.84 Å². The van der Waals surface area contributed by atoms with Gasteiger partial charge in [-0.25, -0.2) is 9.07 Å². The first-order chi connectivity index (χ1) is 12.6. The lowest BCUT2D eigenvalue weighted by molar-refractivity contribution is 0.295. The lowest BCUT2D eigenvalue weighted by atomic mass is 10.1. The molecule has 5 nitrogen and oxygen atoms in total. The maximum atomic E-state index is 14.2. The molecule has 0 unspecified atom stereocenters. The third-order valence-corrected chi connectivity index (χ3v) is 4.05. The molecular weight excluding hydrogens is 333 g/mol. The van der Waals surface area contributed by atoms with Crippen LogP contribution >= 0.6 is 0 Å². The Bertz CT molecular complexity index is 943. The van der Waals surface area contributed by atoms with Crippen LogP contribution in [0.5, 0.6) is 5.75 Å². The largest absolute Gasteiger partial charge is 0.487 e. The Balaban J connectivity index is 1.89. The molecule has 3 rings (SSSR count). The molecule has 0 aliphatic rings. The molecule has 0 saturated heterocycles. The van der Waals surface area contributed by atoms with Crippen molar-refractivity contribution in [2.45, 2.75) is 20.0 Å². The van der Waals surface area contributed by atoms with Gasteiger partial charge in [0.05, 0.1) is 11.4 Å². The minimum atomic E-state index is -0.422. The van der Waals surface area contributed by atoms with Crippen molar-refractivity contribution >= 4 is 0 Å². The number of hydrogen-bond acceptors (Lipinski definition) is 4.